The van der Waals surface area contributed by atoms with Crippen molar-refractivity contribution in [3.8, 4) is 11.5 Å². The summed E-state index contributed by atoms with van der Waals surface area (Å²) in [5.74, 6) is 2.39. The third kappa shape index (κ3) is 5.87. The standard InChI is InChI=1S/C29H34FNO2S/c1-4-20(6-5-19(2)3)17-21-7-9-22(10-8-21)28-29(23-11-13-24(31)14-12-23)34-27-18-25(33-30)15-16-26(27)32-28/h7-16,18-20,28-29H,4-6,17,31H2,1-3H3. The monoisotopic (exact) mass is 479 g/mol. The highest BCUT2D eigenvalue weighted by Crippen LogP contribution is 2.54. The van der Waals surface area contributed by atoms with Crippen LogP contribution in [0.3, 0.4) is 0 Å². The smallest absolute Gasteiger partial charge is 0.173 e. The van der Waals surface area contributed by atoms with E-state index >= 15 is 0 Å². The van der Waals surface area contributed by atoms with Crippen molar-refractivity contribution in [3.63, 3.8) is 0 Å². The fourth-order valence-corrected chi connectivity index (χ4v) is 5.81. The number of fused-ring (bicyclic) bond motifs is 1. The molecule has 0 bridgehead atoms. The molecular formula is C29H34FNO2S. The van der Waals surface area contributed by atoms with Crippen molar-refractivity contribution in [1.82, 2.24) is 0 Å². The first-order valence-corrected chi connectivity index (χ1v) is 13.0. The highest BCUT2D eigenvalue weighted by atomic mass is 32.2. The molecule has 1 aliphatic heterocycles. The molecule has 0 saturated heterocycles. The number of benzene rings is 3. The number of ether oxygens (including phenoxy) is 1. The Hall–Kier alpha value is -2.66. The van der Waals surface area contributed by atoms with Crippen molar-refractivity contribution in [1.29, 1.82) is 0 Å². The number of hydrogen-bond acceptors (Lipinski definition) is 4. The van der Waals surface area contributed by atoms with E-state index in [1.165, 1.54) is 24.8 Å². The Morgan fingerprint density at radius 3 is 2.32 bits per heavy atom. The third-order valence-electron chi connectivity index (χ3n) is 6.61. The molecule has 1 aliphatic rings. The number of nitrogen functional groups attached to an aromatic ring is 1. The van der Waals surface area contributed by atoms with Gasteiger partial charge in [-0.1, -0.05) is 70.0 Å². The summed E-state index contributed by atoms with van der Waals surface area (Å²) < 4.78 is 19.3. The maximum atomic E-state index is 12.8. The lowest BCUT2D eigenvalue weighted by Crippen LogP contribution is -2.19. The van der Waals surface area contributed by atoms with Gasteiger partial charge in [0.05, 0.1) is 10.1 Å². The molecule has 0 radical (unpaired) electrons. The van der Waals surface area contributed by atoms with Crippen LogP contribution in [0.1, 0.15) is 68.1 Å². The van der Waals surface area contributed by atoms with Gasteiger partial charge in [0, 0.05) is 16.3 Å². The molecule has 34 heavy (non-hydrogen) atoms. The Kier molecular flexibility index (Phi) is 8.04. The van der Waals surface area contributed by atoms with E-state index in [0.29, 0.717) is 0 Å². The van der Waals surface area contributed by atoms with Crippen LogP contribution < -0.4 is 15.4 Å². The summed E-state index contributed by atoms with van der Waals surface area (Å²) in [6.45, 7) is 6.88. The van der Waals surface area contributed by atoms with E-state index in [0.717, 1.165) is 45.7 Å². The van der Waals surface area contributed by atoms with Gasteiger partial charge in [0.2, 0.25) is 0 Å². The Morgan fingerprint density at radius 1 is 0.971 bits per heavy atom. The van der Waals surface area contributed by atoms with Gasteiger partial charge in [0.1, 0.15) is 11.9 Å². The molecule has 0 saturated carbocycles. The number of halogens is 1. The molecule has 0 aliphatic carbocycles. The molecule has 1 heterocycles. The van der Waals surface area contributed by atoms with Gasteiger partial charge < -0.3 is 10.5 Å². The highest BCUT2D eigenvalue weighted by molar-refractivity contribution is 7.99. The minimum Gasteiger partial charge on any atom is -0.483 e. The quantitative estimate of drug-likeness (QED) is 0.312. The predicted octanol–water partition coefficient (Wildman–Crippen LogP) is 8.50. The summed E-state index contributed by atoms with van der Waals surface area (Å²) in [6, 6.07) is 21.8. The summed E-state index contributed by atoms with van der Waals surface area (Å²) in [4.78, 5) is 4.81. The second kappa shape index (κ2) is 11.2. The summed E-state index contributed by atoms with van der Waals surface area (Å²) >= 11 is 1.66. The van der Waals surface area contributed by atoms with Crippen molar-refractivity contribution >= 4 is 17.4 Å². The second-order valence-electron chi connectivity index (χ2n) is 9.62. The van der Waals surface area contributed by atoms with Crippen molar-refractivity contribution < 1.29 is 14.2 Å². The summed E-state index contributed by atoms with van der Waals surface area (Å²) in [7, 11) is 0. The maximum absolute atomic E-state index is 12.8. The molecule has 180 valence electrons. The molecule has 4 rings (SSSR count). The van der Waals surface area contributed by atoms with Gasteiger partial charge in [-0.15, -0.1) is 11.8 Å². The van der Waals surface area contributed by atoms with Crippen LogP contribution in [-0.2, 0) is 6.42 Å². The molecule has 0 amide bonds. The van der Waals surface area contributed by atoms with E-state index < -0.39 is 0 Å². The molecule has 5 heteroatoms. The van der Waals surface area contributed by atoms with Gasteiger partial charge in [-0.05, 0) is 65.6 Å². The van der Waals surface area contributed by atoms with Crippen LogP contribution in [0.15, 0.2) is 71.6 Å². The summed E-state index contributed by atoms with van der Waals surface area (Å²) in [5, 5.41) is 0.00300. The molecule has 0 spiro atoms. The summed E-state index contributed by atoms with van der Waals surface area (Å²) in [6.07, 6.45) is 4.70. The fraction of sp³-hybridized carbons (Fsp3) is 0.379. The van der Waals surface area contributed by atoms with Gasteiger partial charge in [-0.2, -0.15) is 0 Å². The van der Waals surface area contributed by atoms with E-state index in [1.807, 2.05) is 24.3 Å². The van der Waals surface area contributed by atoms with Crippen LogP contribution in [0.4, 0.5) is 10.2 Å². The maximum Gasteiger partial charge on any atom is 0.173 e. The number of thioether (sulfide) groups is 1. The van der Waals surface area contributed by atoms with Gasteiger partial charge in [-0.25, -0.2) is 0 Å². The lowest BCUT2D eigenvalue weighted by molar-refractivity contribution is -0.00663. The molecule has 3 atom stereocenters. The lowest BCUT2D eigenvalue weighted by Gasteiger charge is -2.34. The van der Waals surface area contributed by atoms with Crippen LogP contribution in [0.5, 0.6) is 11.5 Å². The minimum atomic E-state index is -0.171. The van der Waals surface area contributed by atoms with Crippen LogP contribution in [0.2, 0.25) is 0 Å². The number of anilines is 1. The first-order chi connectivity index (χ1) is 16.5. The zero-order valence-electron chi connectivity index (χ0n) is 20.2. The molecule has 3 unspecified atom stereocenters. The fourth-order valence-electron chi connectivity index (χ4n) is 4.49. The Bertz CT molecular complexity index is 1070. The molecule has 3 aromatic rings. The Morgan fingerprint density at radius 2 is 1.68 bits per heavy atom. The first-order valence-electron chi connectivity index (χ1n) is 12.2. The van der Waals surface area contributed by atoms with Crippen LogP contribution in [-0.4, -0.2) is 0 Å². The molecular weight excluding hydrogens is 445 g/mol. The van der Waals surface area contributed by atoms with E-state index in [1.54, 1.807) is 30.0 Å². The van der Waals surface area contributed by atoms with Crippen LogP contribution in [0.25, 0.3) is 0 Å². The summed E-state index contributed by atoms with van der Waals surface area (Å²) in [5.41, 5.74) is 10.3. The minimum absolute atomic E-state index is 0.00300. The third-order valence-corrected chi connectivity index (χ3v) is 7.96. The van der Waals surface area contributed by atoms with Crippen LogP contribution >= 0.6 is 11.8 Å². The lowest BCUT2D eigenvalue weighted by atomic mass is 9.89. The first kappa shape index (κ1) is 24.5. The number of hydrogen-bond donors (Lipinski definition) is 1. The van der Waals surface area contributed by atoms with Gasteiger partial charge in [-0.3, -0.25) is 4.94 Å². The average Bonchev–Trinajstić information content (AvgIpc) is 2.86. The van der Waals surface area contributed by atoms with Gasteiger partial charge >= 0.3 is 0 Å². The topological polar surface area (TPSA) is 44.5 Å². The molecule has 0 aromatic heterocycles. The van der Waals surface area contributed by atoms with Gasteiger partial charge in [0.15, 0.2) is 5.75 Å². The SMILES string of the molecule is CCC(CCC(C)C)Cc1ccc(C2Oc3ccc(OF)cc3SC2c2ccc(N)cc2)cc1. The Balaban J connectivity index is 1.58. The van der Waals surface area contributed by atoms with E-state index in [-0.39, 0.29) is 17.1 Å². The number of nitrogens with two attached hydrogens (primary N) is 1. The largest absolute Gasteiger partial charge is 0.483 e. The van der Waals surface area contributed by atoms with Crippen molar-refractivity contribution in [2.75, 3.05) is 5.73 Å². The second-order valence-corrected chi connectivity index (χ2v) is 10.8. The van der Waals surface area contributed by atoms with E-state index in [2.05, 4.69) is 50.0 Å². The molecule has 3 nitrogen and oxygen atoms in total. The van der Waals surface area contributed by atoms with Crippen molar-refractivity contribution in [2.24, 2.45) is 11.8 Å². The zero-order valence-corrected chi connectivity index (χ0v) is 21.0. The normalized spacial score (nSPS) is 18.3. The molecule has 3 aromatic carbocycles. The number of rotatable bonds is 9. The van der Waals surface area contributed by atoms with E-state index in [9.17, 15) is 4.53 Å². The zero-order chi connectivity index (χ0) is 24.1. The highest BCUT2D eigenvalue weighted by Gasteiger charge is 2.33. The van der Waals surface area contributed by atoms with Crippen molar-refractivity contribution in [3.05, 3.63) is 83.4 Å². The molecule has 2 N–H and O–H groups in total. The predicted molar refractivity (Wildman–Crippen MR) is 139 cm³/mol. The van der Waals surface area contributed by atoms with Gasteiger partial charge in [0.25, 0.3) is 0 Å². The average molecular weight is 480 g/mol. The van der Waals surface area contributed by atoms with Crippen LogP contribution in [0, 0.1) is 11.8 Å². The Labute approximate surface area is 206 Å². The van der Waals surface area contributed by atoms with E-state index in [4.69, 9.17) is 10.5 Å². The van der Waals surface area contributed by atoms with Crippen molar-refractivity contribution in [2.45, 2.75) is 62.7 Å². The molecule has 0 fully saturated rings.